The van der Waals surface area contributed by atoms with Gasteiger partial charge in [0.05, 0.1) is 6.54 Å². The van der Waals surface area contributed by atoms with Crippen LogP contribution in [0.25, 0.3) is 0 Å². The Morgan fingerprint density at radius 1 is 1.41 bits per heavy atom. The molecule has 2 aromatic heterocycles. The maximum Gasteiger partial charge on any atom is 0.263 e. The molecule has 116 valence electrons. The van der Waals surface area contributed by atoms with Crippen LogP contribution in [0.4, 0.5) is 0 Å². The molecule has 6 nitrogen and oxygen atoms in total. The monoisotopic (exact) mass is 301 g/mol. The maximum absolute atomic E-state index is 12.6. The van der Waals surface area contributed by atoms with Crippen molar-refractivity contribution in [2.75, 3.05) is 6.54 Å². The van der Waals surface area contributed by atoms with Crippen molar-refractivity contribution in [1.82, 2.24) is 14.5 Å². The summed E-state index contributed by atoms with van der Waals surface area (Å²) in [7, 11) is 1.64. The topological polar surface area (TPSA) is 68.3 Å². The predicted molar refractivity (Wildman–Crippen MR) is 80.7 cm³/mol. The van der Waals surface area contributed by atoms with Gasteiger partial charge in [-0.3, -0.25) is 9.59 Å². The summed E-state index contributed by atoms with van der Waals surface area (Å²) in [6.45, 7) is 4.97. The van der Waals surface area contributed by atoms with E-state index in [4.69, 9.17) is 4.42 Å². The van der Waals surface area contributed by atoms with Crippen molar-refractivity contribution < 1.29 is 9.21 Å². The zero-order valence-electron chi connectivity index (χ0n) is 13.0. The molecule has 0 atom stereocenters. The second-order valence-corrected chi connectivity index (χ2v) is 5.89. The van der Waals surface area contributed by atoms with E-state index in [1.807, 2.05) is 13.8 Å². The van der Waals surface area contributed by atoms with Gasteiger partial charge in [-0.1, -0.05) is 13.8 Å². The molecule has 0 saturated carbocycles. The highest BCUT2D eigenvalue weighted by Gasteiger charge is 2.27. The first-order valence-corrected chi connectivity index (χ1v) is 7.40. The Bertz CT molecular complexity index is 773. The third kappa shape index (κ3) is 2.45. The van der Waals surface area contributed by atoms with Crippen LogP contribution in [0.1, 0.15) is 47.5 Å². The number of nitrogens with zero attached hydrogens (tertiary/aromatic N) is 3. The smallest absolute Gasteiger partial charge is 0.263 e. The summed E-state index contributed by atoms with van der Waals surface area (Å²) in [6, 6.07) is 3.28. The van der Waals surface area contributed by atoms with Crippen LogP contribution in [0.2, 0.25) is 0 Å². The number of pyridine rings is 1. The number of fused-ring (bicyclic) bond motifs is 1. The quantitative estimate of drug-likeness (QED) is 0.846. The molecule has 0 spiro atoms. The van der Waals surface area contributed by atoms with Crippen LogP contribution in [0, 0.1) is 0 Å². The molecule has 0 fully saturated rings. The fourth-order valence-corrected chi connectivity index (χ4v) is 2.57. The Kier molecular flexibility index (Phi) is 3.60. The van der Waals surface area contributed by atoms with Gasteiger partial charge in [-0.25, -0.2) is 4.98 Å². The number of oxazole rings is 1. The summed E-state index contributed by atoms with van der Waals surface area (Å²) in [5.74, 6) is 1.53. The molecule has 0 unspecified atom stereocenters. The van der Waals surface area contributed by atoms with Gasteiger partial charge in [0, 0.05) is 32.1 Å². The zero-order valence-corrected chi connectivity index (χ0v) is 13.0. The molecular weight excluding hydrogens is 282 g/mol. The largest absolute Gasteiger partial charge is 0.445 e. The molecule has 1 aliphatic rings. The van der Waals surface area contributed by atoms with E-state index in [1.54, 1.807) is 30.3 Å². The number of rotatable bonds is 2. The highest BCUT2D eigenvalue weighted by molar-refractivity contribution is 5.93. The third-order valence-corrected chi connectivity index (χ3v) is 3.88. The standard InChI is InChI=1S/C16H19N3O3/c1-10(2)14-17-12-9-19(8-6-13(12)22-14)16(21)11-5-4-7-18(3)15(11)20/h4-5,7,10H,6,8-9H2,1-3H3. The molecule has 0 aromatic carbocycles. The molecule has 0 N–H and O–H groups in total. The van der Waals surface area contributed by atoms with Gasteiger partial charge in [-0.15, -0.1) is 0 Å². The number of aryl methyl sites for hydroxylation is 1. The fourth-order valence-electron chi connectivity index (χ4n) is 2.57. The molecule has 3 rings (SSSR count). The number of carbonyl (C=O) groups excluding carboxylic acids is 1. The molecule has 2 aromatic rings. The maximum atomic E-state index is 12.6. The van der Waals surface area contributed by atoms with Gasteiger partial charge in [-0.05, 0) is 12.1 Å². The normalized spacial score (nSPS) is 14.3. The first-order chi connectivity index (χ1) is 10.5. The Labute approximate surface area is 128 Å². The van der Waals surface area contributed by atoms with Crippen molar-refractivity contribution in [1.29, 1.82) is 0 Å². The summed E-state index contributed by atoms with van der Waals surface area (Å²) in [5.41, 5.74) is 0.721. The number of aromatic nitrogens is 2. The molecule has 0 aliphatic carbocycles. The van der Waals surface area contributed by atoms with Crippen LogP contribution in [-0.4, -0.2) is 26.9 Å². The first kappa shape index (κ1) is 14.6. The number of amides is 1. The van der Waals surface area contributed by atoms with Crippen LogP contribution in [0.5, 0.6) is 0 Å². The second kappa shape index (κ2) is 5.44. The average Bonchev–Trinajstić information content (AvgIpc) is 2.92. The molecule has 0 saturated heterocycles. The van der Waals surface area contributed by atoms with Crippen LogP contribution >= 0.6 is 0 Å². The third-order valence-electron chi connectivity index (χ3n) is 3.88. The Morgan fingerprint density at radius 2 is 2.18 bits per heavy atom. The lowest BCUT2D eigenvalue weighted by atomic mass is 10.1. The average molecular weight is 301 g/mol. The highest BCUT2D eigenvalue weighted by atomic mass is 16.4. The summed E-state index contributed by atoms with van der Waals surface area (Å²) >= 11 is 0. The molecule has 0 radical (unpaired) electrons. The van der Waals surface area contributed by atoms with Gasteiger partial charge < -0.3 is 13.9 Å². The van der Waals surface area contributed by atoms with Gasteiger partial charge >= 0.3 is 0 Å². The van der Waals surface area contributed by atoms with E-state index in [0.29, 0.717) is 25.4 Å². The van der Waals surface area contributed by atoms with Gasteiger partial charge in [0.1, 0.15) is 17.0 Å². The summed E-state index contributed by atoms with van der Waals surface area (Å²) < 4.78 is 7.14. The molecule has 1 amide bonds. The van der Waals surface area contributed by atoms with Crippen LogP contribution in [-0.2, 0) is 20.0 Å². The van der Waals surface area contributed by atoms with E-state index in [0.717, 1.165) is 11.5 Å². The molecule has 6 heteroatoms. The number of carbonyl (C=O) groups is 1. The van der Waals surface area contributed by atoms with Gasteiger partial charge in [-0.2, -0.15) is 0 Å². The SMILES string of the molecule is CC(C)c1nc2c(o1)CCN(C(=O)c1cccn(C)c1=O)C2. The van der Waals surface area contributed by atoms with Gasteiger partial charge in [0.15, 0.2) is 5.89 Å². The zero-order chi connectivity index (χ0) is 15.9. The Morgan fingerprint density at radius 3 is 2.91 bits per heavy atom. The summed E-state index contributed by atoms with van der Waals surface area (Å²) in [4.78, 5) is 30.8. The van der Waals surface area contributed by atoms with Crippen molar-refractivity contribution in [2.45, 2.75) is 32.7 Å². The summed E-state index contributed by atoms with van der Waals surface area (Å²) in [6.07, 6.45) is 2.27. The van der Waals surface area contributed by atoms with E-state index in [9.17, 15) is 9.59 Å². The minimum atomic E-state index is -0.277. The minimum Gasteiger partial charge on any atom is -0.445 e. The van der Waals surface area contributed by atoms with Crippen LogP contribution in [0.15, 0.2) is 27.5 Å². The van der Waals surface area contributed by atoms with Crippen molar-refractivity contribution in [3.63, 3.8) is 0 Å². The lowest BCUT2D eigenvalue weighted by Crippen LogP contribution is -2.39. The van der Waals surface area contributed by atoms with Crippen LogP contribution < -0.4 is 5.56 Å². The van der Waals surface area contributed by atoms with Crippen molar-refractivity contribution in [3.8, 4) is 0 Å². The number of hydrogen-bond donors (Lipinski definition) is 0. The lowest BCUT2D eigenvalue weighted by molar-refractivity contribution is 0.0725. The summed E-state index contributed by atoms with van der Waals surface area (Å²) in [5, 5.41) is 0. The second-order valence-electron chi connectivity index (χ2n) is 5.89. The molecule has 1 aliphatic heterocycles. The Balaban J connectivity index is 1.86. The van der Waals surface area contributed by atoms with E-state index < -0.39 is 0 Å². The molecular formula is C16H19N3O3. The first-order valence-electron chi connectivity index (χ1n) is 7.40. The van der Waals surface area contributed by atoms with Crippen molar-refractivity contribution >= 4 is 5.91 Å². The van der Waals surface area contributed by atoms with Gasteiger partial charge in [0.25, 0.3) is 11.5 Å². The Hall–Kier alpha value is -2.37. The van der Waals surface area contributed by atoms with E-state index in [-0.39, 0.29) is 22.9 Å². The van der Waals surface area contributed by atoms with Gasteiger partial charge in [0.2, 0.25) is 0 Å². The van der Waals surface area contributed by atoms with E-state index in [1.165, 1.54) is 4.57 Å². The molecule has 0 bridgehead atoms. The van der Waals surface area contributed by atoms with E-state index >= 15 is 0 Å². The fraction of sp³-hybridized carbons (Fsp3) is 0.438. The lowest BCUT2D eigenvalue weighted by Gasteiger charge is -2.25. The molecule has 3 heterocycles. The number of hydrogen-bond acceptors (Lipinski definition) is 4. The van der Waals surface area contributed by atoms with Crippen molar-refractivity contribution in [3.05, 3.63) is 51.6 Å². The highest BCUT2D eigenvalue weighted by Crippen LogP contribution is 2.24. The van der Waals surface area contributed by atoms with Crippen LogP contribution in [0.3, 0.4) is 0 Å². The molecule has 22 heavy (non-hydrogen) atoms. The van der Waals surface area contributed by atoms with Crippen molar-refractivity contribution in [2.24, 2.45) is 7.05 Å². The predicted octanol–water partition coefficient (Wildman–Crippen LogP) is 1.70. The van der Waals surface area contributed by atoms with E-state index in [2.05, 4.69) is 4.98 Å². The minimum absolute atomic E-state index is 0.195.